The van der Waals surface area contributed by atoms with Crippen molar-refractivity contribution in [2.24, 2.45) is 5.73 Å². The highest BCUT2D eigenvalue weighted by atomic mass is 32.2. The quantitative estimate of drug-likeness (QED) is 0.809. The molecule has 2 rings (SSSR count). The summed E-state index contributed by atoms with van der Waals surface area (Å²) in [6.07, 6.45) is 0. The summed E-state index contributed by atoms with van der Waals surface area (Å²) in [7, 11) is -4.03. The number of sulfonamides is 1. The van der Waals surface area contributed by atoms with E-state index in [1.165, 1.54) is 18.2 Å². The summed E-state index contributed by atoms with van der Waals surface area (Å²) < 4.78 is 55.8. The van der Waals surface area contributed by atoms with Crippen LogP contribution in [0.1, 0.15) is 11.6 Å². The van der Waals surface area contributed by atoms with E-state index in [1.807, 2.05) is 6.07 Å². The minimum Gasteiger partial charge on any atom is -0.433 e. The molecule has 0 fully saturated rings. The van der Waals surface area contributed by atoms with Gasteiger partial charge in [0.25, 0.3) is 0 Å². The highest BCUT2D eigenvalue weighted by molar-refractivity contribution is 7.89. The summed E-state index contributed by atoms with van der Waals surface area (Å²) in [5.74, 6) is -0.414. The molecule has 2 aromatic carbocycles. The molecule has 0 saturated heterocycles. The van der Waals surface area contributed by atoms with Gasteiger partial charge in [0.2, 0.25) is 10.0 Å². The highest BCUT2D eigenvalue weighted by Crippen LogP contribution is 2.25. The lowest BCUT2D eigenvalue weighted by molar-refractivity contribution is -0.0517. The summed E-state index contributed by atoms with van der Waals surface area (Å²) in [5, 5.41) is 0. The first-order valence-corrected chi connectivity index (χ1v) is 8.22. The Kier molecular flexibility index (Phi) is 5.64. The van der Waals surface area contributed by atoms with Crippen molar-refractivity contribution in [2.75, 3.05) is 6.54 Å². The van der Waals surface area contributed by atoms with E-state index in [0.29, 0.717) is 0 Å². The van der Waals surface area contributed by atoms with Crippen LogP contribution in [0.5, 0.6) is 5.75 Å². The van der Waals surface area contributed by atoms with Crippen LogP contribution in [0.15, 0.2) is 59.5 Å². The molecule has 2 aromatic rings. The predicted octanol–water partition coefficient (Wildman–Crippen LogP) is 2.27. The molecular weight excluding hydrogens is 326 g/mol. The second kappa shape index (κ2) is 7.49. The van der Waals surface area contributed by atoms with Crippen molar-refractivity contribution in [2.45, 2.75) is 17.5 Å². The van der Waals surface area contributed by atoms with Gasteiger partial charge >= 0.3 is 6.61 Å². The largest absolute Gasteiger partial charge is 0.433 e. The van der Waals surface area contributed by atoms with Crippen molar-refractivity contribution in [1.29, 1.82) is 0 Å². The predicted molar refractivity (Wildman–Crippen MR) is 81.6 cm³/mol. The van der Waals surface area contributed by atoms with Gasteiger partial charge in [-0.2, -0.15) is 8.78 Å². The average Bonchev–Trinajstić information content (AvgIpc) is 2.53. The zero-order valence-corrected chi connectivity index (χ0v) is 12.8. The van der Waals surface area contributed by atoms with Crippen molar-refractivity contribution in [3.05, 3.63) is 60.2 Å². The van der Waals surface area contributed by atoms with Gasteiger partial charge in [-0.15, -0.1) is 0 Å². The normalized spacial score (nSPS) is 13.0. The summed E-state index contributed by atoms with van der Waals surface area (Å²) in [5.41, 5.74) is 6.68. The first-order chi connectivity index (χ1) is 10.9. The van der Waals surface area contributed by atoms with Crippen molar-refractivity contribution in [3.63, 3.8) is 0 Å². The molecule has 0 aliphatic heterocycles. The number of halogens is 2. The second-order valence-corrected chi connectivity index (χ2v) is 6.43. The number of para-hydroxylation sites is 1. The van der Waals surface area contributed by atoms with E-state index >= 15 is 0 Å². The molecule has 0 saturated carbocycles. The SMILES string of the molecule is N[C@@H](CNS(=O)(=O)c1ccccc1OC(F)F)c1ccccc1. The van der Waals surface area contributed by atoms with Crippen molar-refractivity contribution >= 4 is 10.0 Å². The van der Waals surface area contributed by atoms with Gasteiger partial charge < -0.3 is 10.5 Å². The van der Waals surface area contributed by atoms with Gasteiger partial charge in [-0.1, -0.05) is 42.5 Å². The summed E-state index contributed by atoms with van der Waals surface area (Å²) in [4.78, 5) is -0.361. The van der Waals surface area contributed by atoms with Crippen LogP contribution >= 0.6 is 0 Å². The Hall–Kier alpha value is -2.03. The Balaban J connectivity index is 2.13. The Morgan fingerprint density at radius 2 is 1.65 bits per heavy atom. The lowest BCUT2D eigenvalue weighted by Gasteiger charge is -2.15. The Morgan fingerprint density at radius 3 is 2.30 bits per heavy atom. The monoisotopic (exact) mass is 342 g/mol. The minimum atomic E-state index is -4.03. The summed E-state index contributed by atoms with van der Waals surface area (Å²) >= 11 is 0. The zero-order valence-electron chi connectivity index (χ0n) is 12.0. The van der Waals surface area contributed by atoms with Crippen molar-refractivity contribution in [3.8, 4) is 5.75 Å². The molecule has 23 heavy (non-hydrogen) atoms. The Morgan fingerprint density at radius 1 is 1.04 bits per heavy atom. The van der Waals surface area contributed by atoms with E-state index in [9.17, 15) is 17.2 Å². The van der Waals surface area contributed by atoms with Crippen LogP contribution in [0, 0.1) is 0 Å². The van der Waals surface area contributed by atoms with Gasteiger partial charge in [-0.05, 0) is 17.7 Å². The molecule has 124 valence electrons. The summed E-state index contributed by atoms with van der Waals surface area (Å²) in [6.45, 7) is -3.19. The number of nitrogens with one attached hydrogen (secondary N) is 1. The van der Waals surface area contributed by atoms with Crippen LogP contribution in [0.25, 0.3) is 0 Å². The number of ether oxygens (including phenoxy) is 1. The molecule has 0 radical (unpaired) electrons. The smallest absolute Gasteiger partial charge is 0.387 e. The maximum Gasteiger partial charge on any atom is 0.387 e. The van der Waals surface area contributed by atoms with Crippen molar-refractivity contribution in [1.82, 2.24) is 4.72 Å². The average molecular weight is 342 g/mol. The topological polar surface area (TPSA) is 81.4 Å². The van der Waals surface area contributed by atoms with E-state index in [1.54, 1.807) is 24.3 Å². The van der Waals surface area contributed by atoms with Crippen molar-refractivity contribution < 1.29 is 21.9 Å². The molecule has 0 amide bonds. The van der Waals surface area contributed by atoms with Crippen LogP contribution in [-0.2, 0) is 10.0 Å². The number of benzene rings is 2. The standard InChI is InChI=1S/C15H16F2N2O3S/c16-15(17)22-13-8-4-5-9-14(13)23(20,21)19-10-12(18)11-6-2-1-3-7-11/h1-9,12,15,19H,10,18H2/t12-/m0/s1. The highest BCUT2D eigenvalue weighted by Gasteiger charge is 2.22. The number of alkyl halides is 2. The van der Waals surface area contributed by atoms with Gasteiger partial charge in [0, 0.05) is 12.6 Å². The fraction of sp³-hybridized carbons (Fsp3) is 0.200. The van der Waals surface area contributed by atoms with Crippen LogP contribution in [0.4, 0.5) is 8.78 Å². The lowest BCUT2D eigenvalue weighted by atomic mass is 10.1. The van der Waals surface area contributed by atoms with Gasteiger partial charge in [0.05, 0.1) is 0 Å². The maximum atomic E-state index is 12.4. The van der Waals surface area contributed by atoms with E-state index < -0.39 is 28.4 Å². The number of nitrogens with two attached hydrogens (primary N) is 1. The molecule has 0 aromatic heterocycles. The molecule has 0 heterocycles. The zero-order chi connectivity index (χ0) is 16.9. The number of rotatable bonds is 7. The fourth-order valence-electron chi connectivity index (χ4n) is 1.96. The molecule has 0 bridgehead atoms. The molecule has 0 spiro atoms. The third-order valence-corrected chi connectivity index (χ3v) is 4.54. The van der Waals surface area contributed by atoms with Crippen LogP contribution in [0.3, 0.4) is 0 Å². The first-order valence-electron chi connectivity index (χ1n) is 6.74. The fourth-order valence-corrected chi connectivity index (χ4v) is 3.15. The minimum absolute atomic E-state index is 0.0740. The Bertz CT molecular complexity index is 739. The molecule has 0 aliphatic rings. The van der Waals surface area contributed by atoms with E-state index in [-0.39, 0.29) is 11.4 Å². The van der Waals surface area contributed by atoms with E-state index in [0.717, 1.165) is 11.6 Å². The molecular formula is C15H16F2N2O3S. The van der Waals surface area contributed by atoms with Gasteiger partial charge in [-0.3, -0.25) is 0 Å². The second-order valence-electron chi connectivity index (χ2n) is 4.69. The summed E-state index contributed by atoms with van der Waals surface area (Å²) in [6, 6.07) is 13.6. The van der Waals surface area contributed by atoms with Gasteiger partial charge in [0.15, 0.2) is 0 Å². The van der Waals surface area contributed by atoms with Gasteiger partial charge in [0.1, 0.15) is 10.6 Å². The molecule has 8 heteroatoms. The molecule has 0 unspecified atom stereocenters. The lowest BCUT2D eigenvalue weighted by Crippen LogP contribution is -2.32. The third kappa shape index (κ3) is 4.72. The van der Waals surface area contributed by atoms with Crippen LogP contribution < -0.4 is 15.2 Å². The van der Waals surface area contributed by atoms with Gasteiger partial charge in [-0.25, -0.2) is 13.1 Å². The maximum absolute atomic E-state index is 12.4. The molecule has 3 N–H and O–H groups in total. The first kappa shape index (κ1) is 17.3. The van der Waals surface area contributed by atoms with Crippen LogP contribution in [0.2, 0.25) is 0 Å². The number of hydrogen-bond acceptors (Lipinski definition) is 4. The molecule has 5 nitrogen and oxygen atoms in total. The number of hydrogen-bond donors (Lipinski definition) is 2. The van der Waals surface area contributed by atoms with Crippen LogP contribution in [-0.4, -0.2) is 21.6 Å². The van der Waals surface area contributed by atoms with E-state index in [2.05, 4.69) is 9.46 Å². The van der Waals surface area contributed by atoms with E-state index in [4.69, 9.17) is 5.73 Å². The Labute approximate surface area is 133 Å². The third-order valence-electron chi connectivity index (χ3n) is 3.08. The molecule has 1 atom stereocenters. The molecule has 0 aliphatic carbocycles.